The van der Waals surface area contributed by atoms with E-state index in [1.165, 1.54) is 0 Å². The van der Waals surface area contributed by atoms with Crippen LogP contribution < -0.4 is 0 Å². The van der Waals surface area contributed by atoms with Crippen molar-refractivity contribution in [2.45, 2.75) is 19.9 Å². The first kappa shape index (κ1) is 12.1. The number of aromatic nitrogens is 3. The van der Waals surface area contributed by atoms with Gasteiger partial charge in [-0.2, -0.15) is 5.10 Å². The Bertz CT molecular complexity index is 542. The van der Waals surface area contributed by atoms with Crippen molar-refractivity contribution in [1.29, 1.82) is 0 Å². The molecular formula is C12H14BrN3O. The van der Waals surface area contributed by atoms with Gasteiger partial charge < -0.3 is 4.57 Å². The highest BCUT2D eigenvalue weighted by molar-refractivity contribution is 9.10. The van der Waals surface area contributed by atoms with Gasteiger partial charge in [0.25, 0.3) is 0 Å². The molecule has 0 spiro atoms. The lowest BCUT2D eigenvalue weighted by atomic mass is 10.3. The van der Waals surface area contributed by atoms with Gasteiger partial charge in [0, 0.05) is 13.2 Å². The van der Waals surface area contributed by atoms with Crippen LogP contribution in [0.3, 0.4) is 0 Å². The number of carbonyl (C=O) groups excluding carboxylic acids is 1. The van der Waals surface area contributed by atoms with Crippen molar-refractivity contribution >= 4 is 22.2 Å². The van der Waals surface area contributed by atoms with Crippen molar-refractivity contribution in [3.05, 3.63) is 39.9 Å². The fourth-order valence-corrected chi connectivity index (χ4v) is 2.57. The molecule has 0 fully saturated rings. The van der Waals surface area contributed by atoms with Crippen LogP contribution in [0.5, 0.6) is 0 Å². The molecule has 0 radical (unpaired) electrons. The van der Waals surface area contributed by atoms with E-state index in [-0.39, 0.29) is 0 Å². The quantitative estimate of drug-likeness (QED) is 0.813. The standard InChI is InChI=1S/C12H14BrN3O/c1-3-10-12(13)11(15(2)14-10)7-16-6-4-5-9(16)8-17/h4-6,8H,3,7H2,1-2H3. The lowest BCUT2D eigenvalue weighted by Gasteiger charge is -2.06. The number of nitrogens with zero attached hydrogens (tertiary/aromatic N) is 3. The van der Waals surface area contributed by atoms with Crippen molar-refractivity contribution < 1.29 is 4.79 Å². The van der Waals surface area contributed by atoms with Crippen LogP contribution in [-0.4, -0.2) is 20.6 Å². The first-order valence-corrected chi connectivity index (χ1v) is 6.27. The van der Waals surface area contributed by atoms with E-state index >= 15 is 0 Å². The van der Waals surface area contributed by atoms with Crippen molar-refractivity contribution in [1.82, 2.24) is 14.3 Å². The van der Waals surface area contributed by atoms with E-state index in [0.29, 0.717) is 12.2 Å². The monoisotopic (exact) mass is 295 g/mol. The Morgan fingerprint density at radius 1 is 1.53 bits per heavy atom. The van der Waals surface area contributed by atoms with E-state index in [1.807, 2.05) is 28.6 Å². The highest BCUT2D eigenvalue weighted by Gasteiger charge is 2.13. The molecule has 0 N–H and O–H groups in total. The molecule has 0 aliphatic heterocycles. The predicted molar refractivity (Wildman–Crippen MR) is 69.2 cm³/mol. The summed E-state index contributed by atoms with van der Waals surface area (Å²) in [5.41, 5.74) is 2.79. The van der Waals surface area contributed by atoms with Crippen LogP contribution in [0.1, 0.15) is 28.8 Å². The summed E-state index contributed by atoms with van der Waals surface area (Å²) in [6.45, 7) is 2.72. The Labute approximate surface area is 108 Å². The number of aldehydes is 1. The normalized spacial score (nSPS) is 10.8. The second-order valence-electron chi connectivity index (χ2n) is 3.86. The zero-order chi connectivity index (χ0) is 12.4. The largest absolute Gasteiger partial charge is 0.339 e. The van der Waals surface area contributed by atoms with E-state index in [2.05, 4.69) is 28.0 Å². The smallest absolute Gasteiger partial charge is 0.166 e. The number of halogens is 1. The molecule has 0 aromatic carbocycles. The van der Waals surface area contributed by atoms with Gasteiger partial charge in [-0.05, 0) is 34.5 Å². The Balaban J connectivity index is 2.36. The number of rotatable bonds is 4. The van der Waals surface area contributed by atoms with Crippen LogP contribution in [0.25, 0.3) is 0 Å². The molecule has 2 rings (SSSR count). The first-order chi connectivity index (χ1) is 8.17. The first-order valence-electron chi connectivity index (χ1n) is 5.48. The van der Waals surface area contributed by atoms with E-state index < -0.39 is 0 Å². The van der Waals surface area contributed by atoms with Gasteiger partial charge in [0.2, 0.25) is 0 Å². The molecule has 2 aromatic rings. The summed E-state index contributed by atoms with van der Waals surface area (Å²) in [4.78, 5) is 10.9. The van der Waals surface area contributed by atoms with Gasteiger partial charge in [0.1, 0.15) is 0 Å². The van der Waals surface area contributed by atoms with Gasteiger partial charge in [-0.15, -0.1) is 0 Å². The highest BCUT2D eigenvalue weighted by atomic mass is 79.9. The van der Waals surface area contributed by atoms with E-state index in [0.717, 1.165) is 28.6 Å². The van der Waals surface area contributed by atoms with E-state index in [4.69, 9.17) is 0 Å². The fraction of sp³-hybridized carbons (Fsp3) is 0.333. The van der Waals surface area contributed by atoms with E-state index in [9.17, 15) is 4.79 Å². The average molecular weight is 296 g/mol. The molecular weight excluding hydrogens is 282 g/mol. The van der Waals surface area contributed by atoms with Crippen molar-refractivity contribution in [2.75, 3.05) is 0 Å². The minimum atomic E-state index is 0.644. The third-order valence-electron chi connectivity index (χ3n) is 2.81. The summed E-state index contributed by atoms with van der Waals surface area (Å²) in [7, 11) is 1.92. The maximum absolute atomic E-state index is 10.9. The van der Waals surface area contributed by atoms with Gasteiger partial charge in [-0.1, -0.05) is 6.92 Å². The number of hydrogen-bond acceptors (Lipinski definition) is 2. The van der Waals surface area contributed by atoms with Gasteiger partial charge in [0.05, 0.1) is 28.1 Å². The predicted octanol–water partition coefficient (Wildman–Crippen LogP) is 2.41. The molecule has 0 amide bonds. The Kier molecular flexibility index (Phi) is 3.47. The Hall–Kier alpha value is -1.36. The molecule has 0 unspecified atom stereocenters. The van der Waals surface area contributed by atoms with Crippen molar-refractivity contribution in [3.63, 3.8) is 0 Å². The summed E-state index contributed by atoms with van der Waals surface area (Å²) in [5.74, 6) is 0. The highest BCUT2D eigenvalue weighted by Crippen LogP contribution is 2.22. The number of hydrogen-bond donors (Lipinski definition) is 0. The minimum Gasteiger partial charge on any atom is -0.339 e. The fourth-order valence-electron chi connectivity index (χ4n) is 1.83. The summed E-state index contributed by atoms with van der Waals surface area (Å²) < 4.78 is 4.80. The molecule has 0 saturated heterocycles. The number of aryl methyl sites for hydroxylation is 2. The lowest BCUT2D eigenvalue weighted by Crippen LogP contribution is -2.07. The van der Waals surface area contributed by atoms with Crippen LogP contribution in [0.4, 0.5) is 0 Å². The maximum Gasteiger partial charge on any atom is 0.166 e. The van der Waals surface area contributed by atoms with Gasteiger partial charge in [-0.25, -0.2) is 0 Å². The SMILES string of the molecule is CCc1nn(C)c(Cn2cccc2C=O)c1Br. The Morgan fingerprint density at radius 3 is 2.88 bits per heavy atom. The molecule has 17 heavy (non-hydrogen) atoms. The molecule has 0 aliphatic carbocycles. The lowest BCUT2D eigenvalue weighted by molar-refractivity contribution is 0.111. The topological polar surface area (TPSA) is 39.8 Å². The molecule has 90 valence electrons. The van der Waals surface area contributed by atoms with Crippen LogP contribution in [0, 0.1) is 0 Å². The Morgan fingerprint density at radius 2 is 2.29 bits per heavy atom. The maximum atomic E-state index is 10.9. The minimum absolute atomic E-state index is 0.644. The molecule has 4 nitrogen and oxygen atoms in total. The van der Waals surface area contributed by atoms with Crippen LogP contribution in [-0.2, 0) is 20.0 Å². The molecule has 2 heterocycles. The van der Waals surface area contributed by atoms with Crippen molar-refractivity contribution in [3.8, 4) is 0 Å². The van der Waals surface area contributed by atoms with Gasteiger partial charge in [-0.3, -0.25) is 9.48 Å². The summed E-state index contributed by atoms with van der Waals surface area (Å²) in [6.07, 6.45) is 3.65. The third-order valence-corrected chi connectivity index (χ3v) is 3.72. The van der Waals surface area contributed by atoms with Crippen molar-refractivity contribution in [2.24, 2.45) is 7.05 Å². The molecule has 2 aromatic heterocycles. The second-order valence-corrected chi connectivity index (χ2v) is 4.66. The van der Waals surface area contributed by atoms with Gasteiger partial charge in [0.15, 0.2) is 6.29 Å². The molecule has 0 atom stereocenters. The van der Waals surface area contributed by atoms with Crippen LogP contribution in [0.2, 0.25) is 0 Å². The molecule has 0 bridgehead atoms. The average Bonchev–Trinajstić information content (AvgIpc) is 2.88. The van der Waals surface area contributed by atoms with E-state index in [1.54, 1.807) is 6.07 Å². The third kappa shape index (κ3) is 2.20. The van der Waals surface area contributed by atoms with Gasteiger partial charge >= 0.3 is 0 Å². The zero-order valence-corrected chi connectivity index (χ0v) is 11.4. The summed E-state index contributed by atoms with van der Waals surface area (Å²) in [6, 6.07) is 3.67. The molecule has 5 heteroatoms. The second kappa shape index (κ2) is 4.87. The summed E-state index contributed by atoms with van der Waals surface area (Å²) >= 11 is 3.57. The number of carbonyl (C=O) groups is 1. The van der Waals surface area contributed by atoms with Crippen LogP contribution in [0.15, 0.2) is 22.8 Å². The molecule has 0 saturated carbocycles. The van der Waals surface area contributed by atoms with Crippen LogP contribution >= 0.6 is 15.9 Å². The summed E-state index contributed by atoms with van der Waals surface area (Å²) in [5, 5.41) is 4.43. The molecule has 0 aliphatic rings. The zero-order valence-electron chi connectivity index (χ0n) is 9.85.